The number of aryl methyl sites for hydroxylation is 1. The molecular weight excluding hydrogens is 250 g/mol. The molecule has 1 aliphatic heterocycles. The molecule has 100 valence electrons. The van der Waals surface area contributed by atoms with Gasteiger partial charge >= 0.3 is 0 Å². The first-order chi connectivity index (χ1) is 8.61. The smallest absolute Gasteiger partial charge is 0.229 e. The van der Waals surface area contributed by atoms with Gasteiger partial charge < -0.3 is 15.0 Å². The van der Waals surface area contributed by atoms with Crippen molar-refractivity contribution < 1.29 is 9.53 Å². The molecule has 0 radical (unpaired) electrons. The normalized spacial score (nSPS) is 23.3. The Bertz CT molecular complexity index is 421. The van der Waals surface area contributed by atoms with Crippen LogP contribution in [0.3, 0.4) is 0 Å². The number of likely N-dealkylation sites (N-methyl/N-ethyl adjacent to an activating group) is 1. The molecule has 1 fully saturated rings. The molecule has 2 rings (SSSR count). The van der Waals surface area contributed by atoms with Crippen molar-refractivity contribution in [3.8, 4) is 0 Å². The van der Waals surface area contributed by atoms with Gasteiger partial charge in [0.05, 0.1) is 36.4 Å². The highest BCUT2D eigenvalue weighted by molar-refractivity contribution is 7.09. The second kappa shape index (κ2) is 5.77. The van der Waals surface area contributed by atoms with Crippen molar-refractivity contribution in [1.29, 1.82) is 0 Å². The quantitative estimate of drug-likeness (QED) is 0.872. The van der Waals surface area contributed by atoms with E-state index in [0.29, 0.717) is 19.8 Å². The number of thiazole rings is 1. The van der Waals surface area contributed by atoms with Gasteiger partial charge in [0, 0.05) is 18.5 Å². The molecule has 0 saturated carbocycles. The zero-order valence-electron chi connectivity index (χ0n) is 11.0. The molecule has 5 nitrogen and oxygen atoms in total. The maximum atomic E-state index is 12.3. The summed E-state index contributed by atoms with van der Waals surface area (Å²) in [5.74, 6) is 0.0391. The number of carbonyl (C=O) groups excluding carboxylic acids is 1. The Labute approximate surface area is 111 Å². The van der Waals surface area contributed by atoms with Gasteiger partial charge in [0.25, 0.3) is 0 Å². The van der Waals surface area contributed by atoms with E-state index in [2.05, 4.69) is 10.3 Å². The summed E-state index contributed by atoms with van der Waals surface area (Å²) in [5, 5.41) is 6.16. The number of carbonyl (C=O) groups is 1. The molecule has 1 aromatic rings. The molecule has 0 bridgehead atoms. The highest BCUT2D eigenvalue weighted by atomic mass is 32.1. The fourth-order valence-corrected chi connectivity index (χ4v) is 2.77. The molecule has 18 heavy (non-hydrogen) atoms. The molecule has 1 N–H and O–H groups in total. The predicted molar refractivity (Wildman–Crippen MR) is 70.5 cm³/mol. The predicted octanol–water partition coefficient (Wildman–Crippen LogP) is 0.644. The highest BCUT2D eigenvalue weighted by Gasteiger charge is 2.34. The first-order valence-electron chi connectivity index (χ1n) is 6.02. The van der Waals surface area contributed by atoms with E-state index in [1.165, 1.54) is 0 Å². The van der Waals surface area contributed by atoms with Gasteiger partial charge in [-0.15, -0.1) is 11.3 Å². The van der Waals surface area contributed by atoms with E-state index >= 15 is 0 Å². The molecule has 0 spiro atoms. The van der Waals surface area contributed by atoms with Gasteiger partial charge in [-0.25, -0.2) is 4.98 Å². The van der Waals surface area contributed by atoms with Crippen LogP contribution in [0.2, 0.25) is 0 Å². The van der Waals surface area contributed by atoms with Crippen molar-refractivity contribution >= 4 is 17.2 Å². The number of nitrogens with one attached hydrogen (secondary N) is 1. The van der Waals surface area contributed by atoms with E-state index < -0.39 is 0 Å². The minimum atomic E-state index is -0.0836. The largest absolute Gasteiger partial charge is 0.379 e. The second-order valence-electron chi connectivity index (χ2n) is 4.59. The second-order valence-corrected chi connectivity index (χ2v) is 5.65. The van der Waals surface area contributed by atoms with Gasteiger partial charge in [0.2, 0.25) is 5.91 Å². The maximum Gasteiger partial charge on any atom is 0.229 e. The van der Waals surface area contributed by atoms with E-state index in [-0.39, 0.29) is 17.9 Å². The van der Waals surface area contributed by atoms with Crippen molar-refractivity contribution in [3.63, 3.8) is 0 Å². The molecule has 0 aromatic carbocycles. The summed E-state index contributed by atoms with van der Waals surface area (Å²) in [6.45, 7) is 3.65. The van der Waals surface area contributed by atoms with Crippen LogP contribution in [0.25, 0.3) is 0 Å². The van der Waals surface area contributed by atoms with Crippen molar-refractivity contribution in [1.82, 2.24) is 15.2 Å². The summed E-state index contributed by atoms with van der Waals surface area (Å²) in [4.78, 5) is 18.4. The van der Waals surface area contributed by atoms with Crippen LogP contribution >= 0.6 is 11.3 Å². The van der Waals surface area contributed by atoms with Crippen LogP contribution in [0.15, 0.2) is 5.38 Å². The molecule has 1 aromatic heterocycles. The highest BCUT2D eigenvalue weighted by Crippen LogP contribution is 2.17. The lowest BCUT2D eigenvalue weighted by atomic mass is 10.0. The van der Waals surface area contributed by atoms with Crippen LogP contribution in [0, 0.1) is 12.8 Å². The topological polar surface area (TPSA) is 54.5 Å². The van der Waals surface area contributed by atoms with Gasteiger partial charge in [0.15, 0.2) is 0 Å². The summed E-state index contributed by atoms with van der Waals surface area (Å²) in [6.07, 6.45) is 0. The average molecular weight is 269 g/mol. The molecule has 1 saturated heterocycles. The Hall–Kier alpha value is -0.980. The first-order valence-corrected chi connectivity index (χ1v) is 6.90. The van der Waals surface area contributed by atoms with E-state index in [1.54, 1.807) is 16.2 Å². The van der Waals surface area contributed by atoms with Gasteiger partial charge in [0.1, 0.15) is 0 Å². The lowest BCUT2D eigenvalue weighted by molar-refractivity contribution is -0.135. The number of ether oxygens (including phenoxy) is 1. The van der Waals surface area contributed by atoms with E-state index in [9.17, 15) is 4.79 Å². The van der Waals surface area contributed by atoms with Crippen LogP contribution < -0.4 is 5.32 Å². The van der Waals surface area contributed by atoms with Gasteiger partial charge in [-0.05, 0) is 14.0 Å². The maximum absolute atomic E-state index is 12.3. The third-order valence-corrected chi connectivity index (χ3v) is 4.03. The fourth-order valence-electron chi connectivity index (χ4n) is 2.17. The van der Waals surface area contributed by atoms with Crippen molar-refractivity contribution in [2.24, 2.45) is 5.92 Å². The van der Waals surface area contributed by atoms with Crippen LogP contribution in [-0.4, -0.2) is 49.1 Å². The van der Waals surface area contributed by atoms with Crippen LogP contribution in [-0.2, 0) is 16.1 Å². The lowest BCUT2D eigenvalue weighted by Gasteiger charge is -2.23. The van der Waals surface area contributed by atoms with Gasteiger partial charge in [-0.2, -0.15) is 0 Å². The third kappa shape index (κ3) is 2.88. The van der Waals surface area contributed by atoms with E-state index in [0.717, 1.165) is 10.7 Å². The monoisotopic (exact) mass is 269 g/mol. The third-order valence-electron chi connectivity index (χ3n) is 3.21. The molecule has 2 unspecified atom stereocenters. The summed E-state index contributed by atoms with van der Waals surface area (Å²) in [7, 11) is 3.69. The van der Waals surface area contributed by atoms with Crippen LogP contribution in [0.4, 0.5) is 0 Å². The van der Waals surface area contributed by atoms with Crippen molar-refractivity contribution in [2.45, 2.75) is 19.5 Å². The number of hydrogen-bond acceptors (Lipinski definition) is 5. The fraction of sp³-hybridized carbons (Fsp3) is 0.667. The zero-order valence-corrected chi connectivity index (χ0v) is 11.8. The lowest BCUT2D eigenvalue weighted by Crippen LogP contribution is -2.43. The van der Waals surface area contributed by atoms with Crippen molar-refractivity contribution in [3.05, 3.63) is 16.1 Å². The Kier molecular flexibility index (Phi) is 4.31. The molecule has 2 atom stereocenters. The van der Waals surface area contributed by atoms with Crippen LogP contribution in [0.1, 0.15) is 10.7 Å². The summed E-state index contributed by atoms with van der Waals surface area (Å²) >= 11 is 1.61. The molecular formula is C12H19N3O2S. The summed E-state index contributed by atoms with van der Waals surface area (Å²) < 4.78 is 5.36. The average Bonchev–Trinajstić information content (AvgIpc) is 2.96. The number of hydrogen-bond donors (Lipinski definition) is 1. The van der Waals surface area contributed by atoms with Crippen LogP contribution in [0.5, 0.6) is 0 Å². The van der Waals surface area contributed by atoms with E-state index in [4.69, 9.17) is 4.74 Å². The number of rotatable bonds is 4. The minimum absolute atomic E-state index is 0.0836. The first kappa shape index (κ1) is 13.5. The van der Waals surface area contributed by atoms with Crippen molar-refractivity contribution in [2.75, 3.05) is 27.3 Å². The molecule has 1 amide bonds. The van der Waals surface area contributed by atoms with E-state index in [1.807, 2.05) is 26.4 Å². The molecule has 0 aliphatic carbocycles. The molecule has 2 heterocycles. The minimum Gasteiger partial charge on any atom is -0.379 e. The Morgan fingerprint density at radius 2 is 2.44 bits per heavy atom. The SMILES string of the molecule is CNC1COCC1C(=O)N(C)Cc1csc(C)n1. The standard InChI is InChI=1S/C12H19N3O2S/c1-8-14-9(7-18-8)4-15(3)12(16)10-5-17-6-11(10)13-2/h7,10-11,13H,4-6H2,1-3H3. The van der Waals surface area contributed by atoms with Gasteiger partial charge in [-0.1, -0.05) is 0 Å². The zero-order chi connectivity index (χ0) is 13.1. The molecule has 6 heteroatoms. The number of aromatic nitrogens is 1. The molecule has 1 aliphatic rings. The van der Waals surface area contributed by atoms with Gasteiger partial charge in [-0.3, -0.25) is 4.79 Å². The Morgan fingerprint density at radius 1 is 1.67 bits per heavy atom. The number of amides is 1. The Morgan fingerprint density at radius 3 is 3.06 bits per heavy atom. The summed E-state index contributed by atoms with van der Waals surface area (Å²) in [6, 6.07) is 0.122. The number of nitrogens with zero attached hydrogens (tertiary/aromatic N) is 2. The summed E-state index contributed by atoms with van der Waals surface area (Å²) in [5.41, 5.74) is 0.952. The Balaban J connectivity index is 1.96.